The van der Waals surface area contributed by atoms with E-state index in [1.165, 1.54) is 13.8 Å². The summed E-state index contributed by atoms with van der Waals surface area (Å²) in [5.74, 6) is -0.716. The van der Waals surface area contributed by atoms with Gasteiger partial charge in [-0.25, -0.2) is 0 Å². The zero-order valence-electron chi connectivity index (χ0n) is 11.0. The maximum atomic E-state index is 10.9. The number of hydrogen-bond acceptors (Lipinski definition) is 5. The summed E-state index contributed by atoms with van der Waals surface area (Å²) in [5.41, 5.74) is 1.23. The number of carbonyl (C=O) groups excluding carboxylic acids is 2. The van der Waals surface area contributed by atoms with E-state index in [2.05, 4.69) is 25.8 Å². The van der Waals surface area contributed by atoms with Gasteiger partial charge in [0.2, 0.25) is 17.8 Å². The number of amides is 2. The number of rotatable bonds is 2. The van der Waals surface area contributed by atoms with E-state index in [1.54, 1.807) is 25.3 Å². The first-order chi connectivity index (χ1) is 8.99. The summed E-state index contributed by atoms with van der Waals surface area (Å²) in [4.78, 5) is 26.0. The lowest BCUT2D eigenvalue weighted by Gasteiger charge is -2.05. The average Bonchev–Trinajstić information content (AvgIpc) is 2.35. The molecular weight excluding hydrogens is 246 g/mol. The first-order valence-electron chi connectivity index (χ1n) is 5.58. The third-order valence-electron chi connectivity index (χ3n) is 1.92. The van der Waals surface area contributed by atoms with E-state index < -0.39 is 0 Å². The number of aromatic nitrogens is 1. The van der Waals surface area contributed by atoms with Crippen molar-refractivity contribution in [1.82, 2.24) is 15.6 Å². The molecule has 1 aromatic rings. The van der Waals surface area contributed by atoms with Crippen LogP contribution in [-0.2, 0) is 9.59 Å². The Morgan fingerprint density at radius 3 is 2.16 bits per heavy atom. The molecule has 0 spiro atoms. The molecule has 2 amide bonds. The topological polar surface area (TPSA) is 95.8 Å². The van der Waals surface area contributed by atoms with Gasteiger partial charge in [0.05, 0.1) is 11.4 Å². The molecule has 7 heteroatoms. The molecule has 2 N–H and O–H groups in total. The quantitative estimate of drug-likeness (QED) is 0.459. The SMILES string of the molecule is CC(=O)NC(=N/N=C(\C)c1ccccn1)NC(C)=O. The van der Waals surface area contributed by atoms with Crippen molar-refractivity contribution in [2.45, 2.75) is 20.8 Å². The van der Waals surface area contributed by atoms with E-state index in [1.807, 2.05) is 6.07 Å². The van der Waals surface area contributed by atoms with Crippen LogP contribution in [0.3, 0.4) is 0 Å². The van der Waals surface area contributed by atoms with Gasteiger partial charge in [-0.1, -0.05) is 6.07 Å². The summed E-state index contributed by atoms with van der Waals surface area (Å²) in [7, 11) is 0. The highest BCUT2D eigenvalue weighted by molar-refractivity contribution is 6.04. The van der Waals surface area contributed by atoms with Crippen LogP contribution in [0.1, 0.15) is 26.5 Å². The first-order valence-corrected chi connectivity index (χ1v) is 5.58. The molecular formula is C12H15N5O2. The maximum absolute atomic E-state index is 10.9. The predicted molar refractivity (Wildman–Crippen MR) is 71.5 cm³/mol. The van der Waals surface area contributed by atoms with E-state index in [4.69, 9.17) is 0 Å². The molecule has 0 atom stereocenters. The molecule has 0 aliphatic heterocycles. The number of hydrogen-bond donors (Lipinski definition) is 2. The van der Waals surface area contributed by atoms with Crippen LogP contribution in [0.15, 0.2) is 34.6 Å². The van der Waals surface area contributed by atoms with Crippen molar-refractivity contribution >= 4 is 23.5 Å². The van der Waals surface area contributed by atoms with Crippen molar-refractivity contribution in [2.24, 2.45) is 10.2 Å². The standard InChI is InChI=1S/C12H15N5O2/c1-8(11-6-4-5-7-13-11)16-17-12(14-9(2)18)15-10(3)19/h4-7H,1-3H3,(H2,14,15,17,18,19)/b16-8+. The highest BCUT2D eigenvalue weighted by Crippen LogP contribution is 1.96. The Kier molecular flexibility index (Phi) is 5.34. The summed E-state index contributed by atoms with van der Waals surface area (Å²) < 4.78 is 0. The number of pyridine rings is 1. The Hall–Kier alpha value is -2.57. The van der Waals surface area contributed by atoms with Gasteiger partial charge in [0.1, 0.15) is 0 Å². The van der Waals surface area contributed by atoms with Gasteiger partial charge >= 0.3 is 0 Å². The molecule has 7 nitrogen and oxygen atoms in total. The molecule has 0 saturated carbocycles. The van der Waals surface area contributed by atoms with E-state index in [9.17, 15) is 9.59 Å². The molecule has 0 unspecified atom stereocenters. The second kappa shape index (κ2) is 7.00. The smallest absolute Gasteiger partial charge is 0.229 e. The second-order valence-electron chi connectivity index (χ2n) is 3.71. The fourth-order valence-corrected chi connectivity index (χ4v) is 1.17. The second-order valence-corrected chi connectivity index (χ2v) is 3.71. The van der Waals surface area contributed by atoms with E-state index in [-0.39, 0.29) is 17.8 Å². The fraction of sp³-hybridized carbons (Fsp3) is 0.250. The van der Waals surface area contributed by atoms with Gasteiger partial charge < -0.3 is 0 Å². The van der Waals surface area contributed by atoms with Crippen molar-refractivity contribution < 1.29 is 9.59 Å². The Bertz CT molecular complexity index is 504. The Labute approximate surface area is 110 Å². The average molecular weight is 261 g/mol. The van der Waals surface area contributed by atoms with E-state index in [0.29, 0.717) is 11.4 Å². The lowest BCUT2D eigenvalue weighted by molar-refractivity contribution is -0.117. The molecule has 0 aliphatic carbocycles. The normalized spacial score (nSPS) is 10.6. The highest BCUT2D eigenvalue weighted by atomic mass is 16.2. The number of nitrogens with one attached hydrogen (secondary N) is 2. The largest absolute Gasteiger partial charge is 0.295 e. The Balaban J connectivity index is 2.89. The van der Waals surface area contributed by atoms with Gasteiger partial charge in [0.25, 0.3) is 0 Å². The fourth-order valence-electron chi connectivity index (χ4n) is 1.17. The molecule has 19 heavy (non-hydrogen) atoms. The van der Waals surface area contributed by atoms with Gasteiger partial charge in [0.15, 0.2) is 0 Å². The molecule has 1 rings (SSSR count). The first kappa shape index (κ1) is 14.5. The van der Waals surface area contributed by atoms with Crippen LogP contribution in [-0.4, -0.2) is 28.5 Å². The van der Waals surface area contributed by atoms with Crippen molar-refractivity contribution in [2.75, 3.05) is 0 Å². The van der Waals surface area contributed by atoms with Gasteiger partial charge in [-0.15, -0.1) is 5.10 Å². The molecule has 0 fully saturated rings. The van der Waals surface area contributed by atoms with Gasteiger partial charge in [0, 0.05) is 20.0 Å². The molecule has 0 saturated heterocycles. The van der Waals surface area contributed by atoms with Crippen LogP contribution >= 0.6 is 0 Å². The minimum atomic E-state index is -0.349. The number of carbonyl (C=O) groups is 2. The summed E-state index contributed by atoms with van der Waals surface area (Å²) in [5, 5.41) is 12.4. The molecule has 1 heterocycles. The lowest BCUT2D eigenvalue weighted by Crippen LogP contribution is -2.41. The monoisotopic (exact) mass is 261 g/mol. The van der Waals surface area contributed by atoms with Gasteiger partial charge in [-0.05, 0) is 19.1 Å². The number of nitrogens with zero attached hydrogens (tertiary/aromatic N) is 3. The molecule has 0 aliphatic rings. The maximum Gasteiger partial charge on any atom is 0.229 e. The molecule has 1 aromatic heterocycles. The number of guanidine groups is 1. The van der Waals surface area contributed by atoms with Crippen molar-refractivity contribution in [3.8, 4) is 0 Å². The minimum Gasteiger partial charge on any atom is -0.295 e. The van der Waals surface area contributed by atoms with Crippen LogP contribution in [0.25, 0.3) is 0 Å². The van der Waals surface area contributed by atoms with Crippen molar-refractivity contribution in [3.63, 3.8) is 0 Å². The van der Waals surface area contributed by atoms with Crippen LogP contribution in [0.5, 0.6) is 0 Å². The van der Waals surface area contributed by atoms with Crippen molar-refractivity contribution in [1.29, 1.82) is 0 Å². The summed E-state index contributed by atoms with van der Waals surface area (Å²) in [6, 6.07) is 5.40. The summed E-state index contributed by atoms with van der Waals surface area (Å²) in [6.45, 7) is 4.35. The van der Waals surface area contributed by atoms with E-state index in [0.717, 1.165) is 0 Å². The van der Waals surface area contributed by atoms with Crippen molar-refractivity contribution in [3.05, 3.63) is 30.1 Å². The zero-order valence-corrected chi connectivity index (χ0v) is 11.0. The molecule has 0 aromatic carbocycles. The summed E-state index contributed by atoms with van der Waals surface area (Å²) >= 11 is 0. The molecule has 0 bridgehead atoms. The summed E-state index contributed by atoms with van der Waals surface area (Å²) in [6.07, 6.45) is 1.64. The molecule has 100 valence electrons. The third kappa shape index (κ3) is 5.53. The van der Waals surface area contributed by atoms with Crippen LogP contribution in [0, 0.1) is 0 Å². The van der Waals surface area contributed by atoms with Crippen LogP contribution in [0.2, 0.25) is 0 Å². The lowest BCUT2D eigenvalue weighted by atomic mass is 10.3. The predicted octanol–water partition coefficient (Wildman–Crippen LogP) is 0.434. The Morgan fingerprint density at radius 1 is 1.05 bits per heavy atom. The van der Waals surface area contributed by atoms with Crippen LogP contribution in [0.4, 0.5) is 0 Å². The highest BCUT2D eigenvalue weighted by Gasteiger charge is 2.03. The Morgan fingerprint density at radius 2 is 1.68 bits per heavy atom. The minimum absolute atomic E-state index is 0.0183. The van der Waals surface area contributed by atoms with Gasteiger partial charge in [-0.3, -0.25) is 25.2 Å². The third-order valence-corrected chi connectivity index (χ3v) is 1.92. The van der Waals surface area contributed by atoms with E-state index >= 15 is 0 Å². The van der Waals surface area contributed by atoms with Gasteiger partial charge in [-0.2, -0.15) is 5.10 Å². The molecule has 0 radical (unpaired) electrons. The zero-order chi connectivity index (χ0) is 14.3. The van der Waals surface area contributed by atoms with Crippen LogP contribution < -0.4 is 10.6 Å².